The van der Waals surface area contributed by atoms with Gasteiger partial charge >= 0.3 is 0 Å². The number of carbonyl (C=O) groups excluding carboxylic acids is 1. The Morgan fingerprint density at radius 1 is 1.22 bits per heavy atom. The highest BCUT2D eigenvalue weighted by atomic mass is 32.1. The molecule has 5 rings (SSSR count). The van der Waals surface area contributed by atoms with Crippen molar-refractivity contribution in [1.82, 2.24) is 19.7 Å². The van der Waals surface area contributed by atoms with Crippen LogP contribution in [-0.2, 0) is 4.79 Å². The number of nitrogens with one attached hydrogen (secondary N) is 2. The van der Waals surface area contributed by atoms with Crippen molar-refractivity contribution in [2.75, 3.05) is 17.7 Å². The fourth-order valence-electron chi connectivity index (χ4n) is 3.71. The van der Waals surface area contributed by atoms with Crippen LogP contribution in [0.4, 0.5) is 11.6 Å². The maximum atomic E-state index is 13.4. The summed E-state index contributed by atoms with van der Waals surface area (Å²) in [5.41, 5.74) is 2.73. The van der Waals surface area contributed by atoms with E-state index >= 15 is 0 Å². The molecule has 1 aliphatic rings. The van der Waals surface area contributed by atoms with Crippen molar-refractivity contribution < 1.29 is 9.53 Å². The minimum absolute atomic E-state index is 0.241. The van der Waals surface area contributed by atoms with E-state index in [0.717, 1.165) is 10.4 Å². The van der Waals surface area contributed by atoms with E-state index in [1.54, 1.807) is 47.7 Å². The summed E-state index contributed by atoms with van der Waals surface area (Å²) in [6.45, 7) is 1.87. The van der Waals surface area contributed by atoms with Gasteiger partial charge in [-0.2, -0.15) is 4.98 Å². The zero-order valence-electron chi connectivity index (χ0n) is 17.4. The Kier molecular flexibility index (Phi) is 5.16. The molecule has 0 saturated heterocycles. The molecule has 0 radical (unpaired) electrons. The number of allylic oxidation sites excluding steroid dienone is 1. The third-order valence-electron chi connectivity index (χ3n) is 5.17. The number of amides is 1. The molecule has 1 aliphatic heterocycles. The molecule has 4 heterocycles. The maximum absolute atomic E-state index is 13.4. The largest absolute Gasteiger partial charge is 0.497 e. The summed E-state index contributed by atoms with van der Waals surface area (Å²) < 4.78 is 7.19. The summed E-state index contributed by atoms with van der Waals surface area (Å²) in [5, 5.41) is 13.0. The van der Waals surface area contributed by atoms with E-state index in [4.69, 9.17) is 9.84 Å². The second-order valence-electron chi connectivity index (χ2n) is 7.22. The third-order valence-corrected chi connectivity index (χ3v) is 6.03. The van der Waals surface area contributed by atoms with Crippen LogP contribution in [0.3, 0.4) is 0 Å². The van der Waals surface area contributed by atoms with Crippen LogP contribution in [0, 0.1) is 0 Å². The van der Waals surface area contributed by atoms with Crippen LogP contribution in [-0.4, -0.2) is 32.8 Å². The molecule has 32 heavy (non-hydrogen) atoms. The first-order valence-corrected chi connectivity index (χ1v) is 10.9. The van der Waals surface area contributed by atoms with Gasteiger partial charge in [-0.1, -0.05) is 18.2 Å². The predicted molar refractivity (Wildman–Crippen MR) is 124 cm³/mol. The van der Waals surface area contributed by atoms with E-state index in [0.29, 0.717) is 34.5 Å². The summed E-state index contributed by atoms with van der Waals surface area (Å²) in [5.74, 6) is 1.65. The highest BCUT2D eigenvalue weighted by Gasteiger charge is 2.34. The molecule has 160 valence electrons. The Balaban J connectivity index is 1.62. The van der Waals surface area contributed by atoms with Gasteiger partial charge in [-0.25, -0.2) is 4.68 Å². The number of benzene rings is 1. The van der Waals surface area contributed by atoms with Gasteiger partial charge in [-0.15, -0.1) is 16.4 Å². The lowest BCUT2D eigenvalue weighted by Gasteiger charge is -2.28. The predicted octanol–water partition coefficient (Wildman–Crippen LogP) is 4.34. The highest BCUT2D eigenvalue weighted by molar-refractivity contribution is 7.13. The Morgan fingerprint density at radius 3 is 2.88 bits per heavy atom. The number of hydrogen-bond donors (Lipinski definition) is 2. The van der Waals surface area contributed by atoms with Gasteiger partial charge in [-0.3, -0.25) is 9.78 Å². The van der Waals surface area contributed by atoms with Gasteiger partial charge < -0.3 is 15.4 Å². The number of pyridine rings is 1. The number of rotatable bonds is 5. The molecule has 0 aliphatic carbocycles. The monoisotopic (exact) mass is 444 g/mol. The number of thiophene rings is 1. The van der Waals surface area contributed by atoms with E-state index < -0.39 is 6.04 Å². The quantitative estimate of drug-likeness (QED) is 0.476. The minimum atomic E-state index is -0.487. The third kappa shape index (κ3) is 3.63. The fourth-order valence-corrected chi connectivity index (χ4v) is 4.36. The van der Waals surface area contributed by atoms with E-state index in [2.05, 4.69) is 20.6 Å². The molecule has 8 nitrogen and oxygen atoms in total. The molecule has 0 unspecified atom stereocenters. The zero-order chi connectivity index (χ0) is 22.1. The topological polar surface area (TPSA) is 94.0 Å². The normalized spacial score (nSPS) is 15.1. The molecule has 2 N–H and O–H groups in total. The van der Waals surface area contributed by atoms with Gasteiger partial charge in [0.05, 0.1) is 29.4 Å². The molecule has 0 spiro atoms. The van der Waals surface area contributed by atoms with Crippen molar-refractivity contribution in [3.8, 4) is 16.5 Å². The molecule has 4 aromatic rings. The Labute approximate surface area is 188 Å². The van der Waals surface area contributed by atoms with Crippen LogP contribution in [0.25, 0.3) is 10.7 Å². The average molecular weight is 445 g/mol. The van der Waals surface area contributed by atoms with Crippen molar-refractivity contribution in [3.05, 3.63) is 83.1 Å². The van der Waals surface area contributed by atoms with Crippen LogP contribution >= 0.6 is 11.3 Å². The van der Waals surface area contributed by atoms with Crippen molar-refractivity contribution in [2.45, 2.75) is 13.0 Å². The molecular weight excluding hydrogens is 424 g/mol. The van der Waals surface area contributed by atoms with Crippen LogP contribution in [0.1, 0.15) is 18.5 Å². The number of methoxy groups -OCH3 is 1. The average Bonchev–Trinajstić information content (AvgIpc) is 3.48. The van der Waals surface area contributed by atoms with Gasteiger partial charge in [0.1, 0.15) is 11.8 Å². The molecule has 3 aromatic heterocycles. The number of nitrogens with zero attached hydrogens (tertiary/aromatic N) is 4. The smallest absolute Gasteiger partial charge is 0.255 e. The van der Waals surface area contributed by atoms with Crippen LogP contribution in [0.5, 0.6) is 5.75 Å². The molecule has 0 bridgehead atoms. The molecule has 9 heteroatoms. The standard InChI is InChI=1S/C23H20N6O2S/c1-14-19(22(30)26-16-7-4-10-24-13-16)20(15-6-3-8-17(12-15)31-2)29-23(25-14)27-21(28-29)18-9-5-11-32-18/h3-13,20H,1-2H3,(H,26,30)(H,25,27,28)/t20-/m0/s1. The Hall–Kier alpha value is -3.98. The number of ether oxygens (including phenoxy) is 1. The van der Waals surface area contributed by atoms with Crippen LogP contribution in [0.15, 0.2) is 77.6 Å². The van der Waals surface area contributed by atoms with E-state index in [1.165, 1.54) is 0 Å². The van der Waals surface area contributed by atoms with Crippen molar-refractivity contribution in [1.29, 1.82) is 0 Å². The van der Waals surface area contributed by atoms with E-state index in [1.807, 2.05) is 48.7 Å². The van der Waals surface area contributed by atoms with Crippen LogP contribution < -0.4 is 15.4 Å². The summed E-state index contributed by atoms with van der Waals surface area (Å²) in [7, 11) is 1.62. The van der Waals surface area contributed by atoms with E-state index in [9.17, 15) is 4.79 Å². The second-order valence-corrected chi connectivity index (χ2v) is 8.17. The van der Waals surface area contributed by atoms with Crippen LogP contribution in [0.2, 0.25) is 0 Å². The van der Waals surface area contributed by atoms with Crippen molar-refractivity contribution in [2.24, 2.45) is 0 Å². The Bertz CT molecular complexity index is 1300. The van der Waals surface area contributed by atoms with Crippen molar-refractivity contribution >= 4 is 28.9 Å². The lowest BCUT2D eigenvalue weighted by Crippen LogP contribution is -2.31. The first-order valence-electron chi connectivity index (χ1n) is 9.97. The fraction of sp³-hybridized carbons (Fsp3) is 0.130. The maximum Gasteiger partial charge on any atom is 0.255 e. The number of hydrogen-bond acceptors (Lipinski definition) is 7. The zero-order valence-corrected chi connectivity index (χ0v) is 18.3. The van der Waals surface area contributed by atoms with Gasteiger partial charge in [0.15, 0.2) is 5.82 Å². The van der Waals surface area contributed by atoms with Gasteiger partial charge in [0, 0.05) is 11.9 Å². The number of anilines is 2. The summed E-state index contributed by atoms with van der Waals surface area (Å²) >= 11 is 1.57. The lowest BCUT2D eigenvalue weighted by atomic mass is 9.95. The highest BCUT2D eigenvalue weighted by Crippen LogP contribution is 2.38. The second kappa shape index (κ2) is 8.27. The number of fused-ring (bicyclic) bond motifs is 1. The first kappa shape index (κ1) is 20.0. The van der Waals surface area contributed by atoms with E-state index in [-0.39, 0.29) is 5.91 Å². The SMILES string of the molecule is COc1cccc([C@H]2C(C(=O)Nc3cccnc3)=C(C)Nc3nc(-c4cccs4)nn32)c1. The number of aromatic nitrogens is 4. The van der Waals surface area contributed by atoms with Gasteiger partial charge in [-0.05, 0) is 48.2 Å². The molecular formula is C23H20N6O2S. The summed E-state index contributed by atoms with van der Waals surface area (Å²) in [6.07, 6.45) is 3.27. The molecule has 1 aromatic carbocycles. The molecule has 1 atom stereocenters. The minimum Gasteiger partial charge on any atom is -0.497 e. The molecule has 0 saturated carbocycles. The van der Waals surface area contributed by atoms with Gasteiger partial charge in [0.2, 0.25) is 5.95 Å². The summed E-state index contributed by atoms with van der Waals surface area (Å²) in [6, 6.07) is 14.7. The Morgan fingerprint density at radius 2 is 2.12 bits per heavy atom. The molecule has 1 amide bonds. The lowest BCUT2D eigenvalue weighted by molar-refractivity contribution is -0.113. The van der Waals surface area contributed by atoms with Gasteiger partial charge in [0.25, 0.3) is 5.91 Å². The van der Waals surface area contributed by atoms with Crippen molar-refractivity contribution in [3.63, 3.8) is 0 Å². The number of carbonyl (C=O) groups is 1. The summed E-state index contributed by atoms with van der Waals surface area (Å²) in [4.78, 5) is 23.2. The first-order chi connectivity index (χ1) is 15.6. The molecule has 0 fully saturated rings.